The van der Waals surface area contributed by atoms with Crippen LogP contribution in [-0.2, 0) is 14.8 Å². The molecule has 7 heteroatoms. The van der Waals surface area contributed by atoms with Crippen molar-refractivity contribution in [2.75, 3.05) is 17.1 Å². The van der Waals surface area contributed by atoms with Gasteiger partial charge in [0.2, 0.25) is 15.9 Å². The molecular formula is C16H21ClN2O3S. The Morgan fingerprint density at radius 1 is 1.30 bits per heavy atom. The van der Waals surface area contributed by atoms with Crippen molar-refractivity contribution in [2.24, 2.45) is 11.8 Å². The third kappa shape index (κ3) is 3.63. The number of carbonyl (C=O) groups excluding carboxylic acids is 1. The predicted octanol–water partition coefficient (Wildman–Crippen LogP) is 2.41. The van der Waals surface area contributed by atoms with Crippen LogP contribution in [0.1, 0.15) is 25.7 Å². The van der Waals surface area contributed by atoms with Crippen molar-refractivity contribution in [3.63, 3.8) is 0 Å². The standard InChI is InChI=1S/C16H21ClN2O3S/c1-23(21,22)19(15-5-3-2-4-13(15)17)10-16(20)18-14-9-11-6-7-12(14)8-11/h2-5,11-12,14H,6-10H2,1H3,(H,18,20)/t11-,12+,14+/m1/s1. The molecule has 5 nitrogen and oxygen atoms in total. The fourth-order valence-corrected chi connectivity index (χ4v) is 5.00. The molecule has 0 spiro atoms. The second-order valence-corrected chi connectivity index (χ2v) is 8.88. The van der Waals surface area contributed by atoms with E-state index in [1.54, 1.807) is 24.3 Å². The lowest BCUT2D eigenvalue weighted by molar-refractivity contribution is -0.120. The maximum atomic E-state index is 12.4. The van der Waals surface area contributed by atoms with Gasteiger partial charge in [0.1, 0.15) is 6.54 Å². The summed E-state index contributed by atoms with van der Waals surface area (Å²) in [5.74, 6) is 1.00. The van der Waals surface area contributed by atoms with E-state index in [0.29, 0.717) is 16.6 Å². The molecule has 23 heavy (non-hydrogen) atoms. The molecule has 0 heterocycles. The van der Waals surface area contributed by atoms with E-state index in [0.717, 1.165) is 29.3 Å². The minimum absolute atomic E-state index is 0.189. The van der Waals surface area contributed by atoms with Crippen LogP contribution in [0.2, 0.25) is 5.02 Å². The zero-order valence-electron chi connectivity index (χ0n) is 13.0. The van der Waals surface area contributed by atoms with Crippen LogP contribution in [-0.4, -0.2) is 33.2 Å². The van der Waals surface area contributed by atoms with Crippen molar-refractivity contribution < 1.29 is 13.2 Å². The summed E-state index contributed by atoms with van der Waals surface area (Å²) >= 11 is 6.09. The lowest BCUT2D eigenvalue weighted by Crippen LogP contribution is -2.45. The van der Waals surface area contributed by atoms with Crippen molar-refractivity contribution in [1.82, 2.24) is 5.32 Å². The minimum atomic E-state index is -3.59. The number of sulfonamides is 1. The van der Waals surface area contributed by atoms with E-state index in [4.69, 9.17) is 11.6 Å². The molecule has 1 N–H and O–H groups in total. The summed E-state index contributed by atoms with van der Waals surface area (Å²) in [4.78, 5) is 12.4. The van der Waals surface area contributed by atoms with Gasteiger partial charge in [-0.05, 0) is 43.2 Å². The summed E-state index contributed by atoms with van der Waals surface area (Å²) in [6.45, 7) is -0.240. The molecule has 0 saturated heterocycles. The number of para-hydroxylation sites is 1. The number of carbonyl (C=O) groups is 1. The second-order valence-electron chi connectivity index (χ2n) is 6.57. The maximum absolute atomic E-state index is 12.4. The van der Waals surface area contributed by atoms with Gasteiger partial charge in [-0.15, -0.1) is 0 Å². The van der Waals surface area contributed by atoms with Crippen molar-refractivity contribution in [3.05, 3.63) is 29.3 Å². The molecule has 0 aromatic heterocycles. The highest BCUT2D eigenvalue weighted by molar-refractivity contribution is 7.92. The Bertz CT molecular complexity index is 707. The zero-order chi connectivity index (χ0) is 16.6. The van der Waals surface area contributed by atoms with Gasteiger partial charge in [0.05, 0.1) is 17.0 Å². The van der Waals surface area contributed by atoms with E-state index in [9.17, 15) is 13.2 Å². The van der Waals surface area contributed by atoms with Crippen molar-refractivity contribution in [2.45, 2.75) is 31.7 Å². The molecule has 1 aromatic carbocycles. The number of hydrogen-bond donors (Lipinski definition) is 1. The molecular weight excluding hydrogens is 336 g/mol. The van der Waals surface area contributed by atoms with E-state index in [1.807, 2.05) is 0 Å². The number of benzene rings is 1. The van der Waals surface area contributed by atoms with Gasteiger partial charge >= 0.3 is 0 Å². The summed E-state index contributed by atoms with van der Waals surface area (Å²) in [5.41, 5.74) is 0.333. The van der Waals surface area contributed by atoms with E-state index < -0.39 is 10.0 Å². The van der Waals surface area contributed by atoms with Gasteiger partial charge in [-0.25, -0.2) is 8.42 Å². The monoisotopic (exact) mass is 356 g/mol. The van der Waals surface area contributed by atoms with Crippen LogP contribution in [0.5, 0.6) is 0 Å². The minimum Gasteiger partial charge on any atom is -0.352 e. The first kappa shape index (κ1) is 16.6. The van der Waals surface area contributed by atoms with Crippen molar-refractivity contribution in [3.8, 4) is 0 Å². The number of fused-ring (bicyclic) bond motifs is 2. The van der Waals surface area contributed by atoms with Crippen LogP contribution in [0.4, 0.5) is 5.69 Å². The van der Waals surface area contributed by atoms with E-state index >= 15 is 0 Å². The van der Waals surface area contributed by atoms with Crippen molar-refractivity contribution in [1.29, 1.82) is 0 Å². The topological polar surface area (TPSA) is 66.5 Å². The molecule has 1 amide bonds. The van der Waals surface area contributed by atoms with Gasteiger partial charge in [0, 0.05) is 6.04 Å². The summed E-state index contributed by atoms with van der Waals surface area (Å²) < 4.78 is 25.2. The SMILES string of the molecule is CS(=O)(=O)N(CC(=O)N[C@H]1C[C@@H]2CC[C@H]1C2)c1ccccc1Cl. The first-order valence-electron chi connectivity index (χ1n) is 7.86. The first-order valence-corrected chi connectivity index (χ1v) is 10.1. The molecule has 1 aromatic rings. The maximum Gasteiger partial charge on any atom is 0.241 e. The molecule has 2 bridgehead atoms. The van der Waals surface area contributed by atoms with Crippen molar-refractivity contribution >= 4 is 33.2 Å². The van der Waals surface area contributed by atoms with Gasteiger partial charge < -0.3 is 5.32 Å². The second kappa shape index (κ2) is 6.32. The third-order valence-electron chi connectivity index (χ3n) is 4.89. The van der Waals surface area contributed by atoms with Crippen LogP contribution in [0.3, 0.4) is 0 Å². The highest BCUT2D eigenvalue weighted by atomic mass is 35.5. The predicted molar refractivity (Wildman–Crippen MR) is 91.0 cm³/mol. The number of nitrogens with one attached hydrogen (secondary N) is 1. The third-order valence-corrected chi connectivity index (χ3v) is 6.34. The molecule has 2 aliphatic carbocycles. The first-order chi connectivity index (χ1) is 10.8. The summed E-state index contributed by atoms with van der Waals surface area (Å²) in [7, 11) is -3.59. The largest absolute Gasteiger partial charge is 0.352 e. The number of rotatable bonds is 5. The fraction of sp³-hybridized carbons (Fsp3) is 0.562. The van der Waals surface area contributed by atoms with Crippen LogP contribution >= 0.6 is 11.6 Å². The Morgan fingerprint density at radius 2 is 2.04 bits per heavy atom. The smallest absolute Gasteiger partial charge is 0.241 e. The van der Waals surface area contributed by atoms with Gasteiger partial charge in [-0.1, -0.05) is 30.2 Å². The van der Waals surface area contributed by atoms with E-state index in [-0.39, 0.29) is 18.5 Å². The van der Waals surface area contributed by atoms with E-state index in [2.05, 4.69) is 5.32 Å². The summed E-state index contributed by atoms with van der Waals surface area (Å²) in [6, 6.07) is 6.83. The number of nitrogens with zero attached hydrogens (tertiary/aromatic N) is 1. The zero-order valence-corrected chi connectivity index (χ0v) is 14.6. The van der Waals surface area contributed by atoms with Gasteiger partial charge in [-0.3, -0.25) is 9.10 Å². The molecule has 2 aliphatic rings. The molecule has 2 saturated carbocycles. The number of hydrogen-bond acceptors (Lipinski definition) is 3. The average molecular weight is 357 g/mol. The molecule has 3 rings (SSSR count). The van der Waals surface area contributed by atoms with E-state index in [1.165, 1.54) is 12.8 Å². The fourth-order valence-electron chi connectivity index (χ4n) is 3.84. The normalized spacial score (nSPS) is 26.3. The Hall–Kier alpha value is -1.27. The Kier molecular flexibility index (Phi) is 4.56. The molecule has 3 atom stereocenters. The summed E-state index contributed by atoms with van der Waals surface area (Å²) in [6.07, 6.45) is 5.70. The summed E-state index contributed by atoms with van der Waals surface area (Å²) in [5, 5.41) is 3.32. The molecule has 2 fully saturated rings. The van der Waals surface area contributed by atoms with Gasteiger partial charge in [0.15, 0.2) is 0 Å². The lowest BCUT2D eigenvalue weighted by atomic mass is 9.95. The molecule has 0 radical (unpaired) electrons. The number of anilines is 1. The van der Waals surface area contributed by atoms with Crippen LogP contribution in [0.25, 0.3) is 0 Å². The Labute approximate surface area is 142 Å². The molecule has 0 aliphatic heterocycles. The molecule has 0 unspecified atom stereocenters. The number of amides is 1. The van der Waals surface area contributed by atoms with Gasteiger partial charge in [-0.2, -0.15) is 0 Å². The van der Waals surface area contributed by atoms with Crippen LogP contribution in [0.15, 0.2) is 24.3 Å². The highest BCUT2D eigenvalue weighted by Crippen LogP contribution is 2.44. The highest BCUT2D eigenvalue weighted by Gasteiger charge is 2.40. The van der Waals surface area contributed by atoms with Crippen LogP contribution in [0, 0.1) is 11.8 Å². The number of halogens is 1. The quantitative estimate of drug-likeness (QED) is 0.881. The lowest BCUT2D eigenvalue weighted by Gasteiger charge is -2.26. The van der Waals surface area contributed by atoms with Gasteiger partial charge in [0.25, 0.3) is 0 Å². The Morgan fingerprint density at radius 3 is 2.61 bits per heavy atom. The average Bonchev–Trinajstić information content (AvgIpc) is 3.07. The van der Waals surface area contributed by atoms with Crippen LogP contribution < -0.4 is 9.62 Å². The molecule has 126 valence electrons. The Balaban J connectivity index is 1.72.